The van der Waals surface area contributed by atoms with Crippen LogP contribution < -0.4 is 20.5 Å². The molecule has 4 atom stereocenters. The number of halogens is 1. The maximum Gasteiger partial charge on any atom is 0.222 e. The predicted octanol–water partition coefficient (Wildman–Crippen LogP) is 3.62. The summed E-state index contributed by atoms with van der Waals surface area (Å²) < 4.78 is 16.5. The standard InChI is InChI=1S/C29H51N3O5S.ClH/c1-21(2)24(18-23-7-8-27(36-5)28(19-23)37-14-6-13-35-4)20-25(30)26(33)17-22(3)29(34)31-9-10-32-11-15-38-16-12-32;/h7-8,19,21-22,24-26,33H,6,9-18,20,30H2,1-5H3,(H,31,34);1H/t22-,24+,25+,26+;/m1./s1. The van der Waals surface area contributed by atoms with Crippen molar-refractivity contribution in [3.05, 3.63) is 23.8 Å². The smallest absolute Gasteiger partial charge is 0.222 e. The number of aliphatic hydroxyl groups is 1. The Labute approximate surface area is 246 Å². The van der Waals surface area contributed by atoms with Crippen LogP contribution in [0.2, 0.25) is 0 Å². The van der Waals surface area contributed by atoms with Crippen LogP contribution in [0.5, 0.6) is 11.5 Å². The van der Waals surface area contributed by atoms with E-state index in [0.29, 0.717) is 44.3 Å². The Hall–Kier alpha value is -1.23. The summed E-state index contributed by atoms with van der Waals surface area (Å²) in [6.45, 7) is 11.1. The lowest BCUT2D eigenvalue weighted by Crippen LogP contribution is -2.43. The number of hydrogen-bond donors (Lipinski definition) is 3. The van der Waals surface area contributed by atoms with Gasteiger partial charge in [-0.25, -0.2) is 0 Å². The van der Waals surface area contributed by atoms with E-state index in [2.05, 4.69) is 30.1 Å². The topological polar surface area (TPSA) is 106 Å². The molecule has 10 heteroatoms. The summed E-state index contributed by atoms with van der Waals surface area (Å²) in [6.07, 6.45) is 1.93. The van der Waals surface area contributed by atoms with Gasteiger partial charge in [-0.2, -0.15) is 11.8 Å². The number of carbonyl (C=O) groups excluding carboxylic acids is 1. The van der Waals surface area contributed by atoms with E-state index in [1.54, 1.807) is 14.2 Å². The normalized spacial score (nSPS) is 17.1. The van der Waals surface area contributed by atoms with Gasteiger partial charge in [0.25, 0.3) is 0 Å². The molecular formula is C29H52ClN3O5S. The van der Waals surface area contributed by atoms with Crippen LogP contribution in [0.3, 0.4) is 0 Å². The first-order valence-corrected chi connectivity index (χ1v) is 15.2. The molecule has 0 bridgehead atoms. The van der Waals surface area contributed by atoms with Crippen molar-refractivity contribution in [3.8, 4) is 11.5 Å². The quantitative estimate of drug-likeness (QED) is 0.223. The second kappa shape index (κ2) is 19.8. The summed E-state index contributed by atoms with van der Waals surface area (Å²) in [5, 5.41) is 13.9. The molecule has 39 heavy (non-hydrogen) atoms. The monoisotopic (exact) mass is 589 g/mol. The largest absolute Gasteiger partial charge is 0.493 e. The number of thioether (sulfide) groups is 1. The summed E-state index contributed by atoms with van der Waals surface area (Å²) in [4.78, 5) is 15.0. The van der Waals surface area contributed by atoms with Crippen LogP contribution in [0.25, 0.3) is 0 Å². The summed E-state index contributed by atoms with van der Waals surface area (Å²) >= 11 is 1.98. The molecule has 0 unspecified atom stereocenters. The van der Waals surface area contributed by atoms with Crippen LogP contribution in [0, 0.1) is 17.8 Å². The van der Waals surface area contributed by atoms with Crippen molar-refractivity contribution in [1.82, 2.24) is 10.2 Å². The van der Waals surface area contributed by atoms with E-state index in [1.807, 2.05) is 30.8 Å². The number of nitrogens with two attached hydrogens (primary N) is 1. The minimum absolute atomic E-state index is 0. The fourth-order valence-electron chi connectivity index (χ4n) is 4.73. The van der Waals surface area contributed by atoms with Gasteiger partial charge in [-0.3, -0.25) is 9.69 Å². The number of nitrogens with one attached hydrogen (secondary N) is 1. The molecule has 0 aliphatic carbocycles. The molecule has 226 valence electrons. The Morgan fingerprint density at radius 1 is 1.13 bits per heavy atom. The van der Waals surface area contributed by atoms with Gasteiger partial charge in [-0.05, 0) is 48.8 Å². The van der Waals surface area contributed by atoms with Gasteiger partial charge in [0.05, 0.1) is 19.8 Å². The van der Waals surface area contributed by atoms with Crippen LogP contribution in [0.4, 0.5) is 0 Å². The minimum Gasteiger partial charge on any atom is -0.493 e. The second-order valence-corrected chi connectivity index (χ2v) is 12.0. The molecule has 1 aliphatic rings. The zero-order valence-electron chi connectivity index (χ0n) is 24.5. The van der Waals surface area contributed by atoms with Gasteiger partial charge in [0.15, 0.2) is 11.5 Å². The molecule has 1 aromatic rings. The van der Waals surface area contributed by atoms with Gasteiger partial charge >= 0.3 is 0 Å². The van der Waals surface area contributed by atoms with Crippen LogP contribution in [-0.2, 0) is 16.0 Å². The molecule has 4 N–H and O–H groups in total. The van der Waals surface area contributed by atoms with Gasteiger partial charge in [0.1, 0.15) is 0 Å². The molecule has 0 spiro atoms. The average Bonchev–Trinajstić information content (AvgIpc) is 2.91. The number of amides is 1. The van der Waals surface area contributed by atoms with Crippen molar-refractivity contribution >= 4 is 30.1 Å². The van der Waals surface area contributed by atoms with E-state index in [4.69, 9.17) is 19.9 Å². The maximum atomic E-state index is 12.6. The zero-order valence-corrected chi connectivity index (χ0v) is 26.2. The van der Waals surface area contributed by atoms with E-state index in [-0.39, 0.29) is 30.2 Å². The highest BCUT2D eigenvalue weighted by molar-refractivity contribution is 7.99. The molecule has 0 saturated carbocycles. The Morgan fingerprint density at radius 3 is 2.49 bits per heavy atom. The molecule has 1 aliphatic heterocycles. The van der Waals surface area contributed by atoms with Gasteiger partial charge < -0.3 is 30.4 Å². The van der Waals surface area contributed by atoms with Crippen molar-refractivity contribution in [1.29, 1.82) is 0 Å². The van der Waals surface area contributed by atoms with Gasteiger partial charge in [-0.1, -0.05) is 26.8 Å². The summed E-state index contributed by atoms with van der Waals surface area (Å²) in [6, 6.07) is 5.65. The van der Waals surface area contributed by atoms with Gasteiger partial charge in [-0.15, -0.1) is 12.4 Å². The lowest BCUT2D eigenvalue weighted by molar-refractivity contribution is -0.125. The second-order valence-electron chi connectivity index (χ2n) is 10.7. The predicted molar refractivity (Wildman–Crippen MR) is 163 cm³/mol. The molecule has 0 aromatic heterocycles. The van der Waals surface area contributed by atoms with E-state index < -0.39 is 12.1 Å². The molecule has 1 aromatic carbocycles. The van der Waals surface area contributed by atoms with Crippen LogP contribution >= 0.6 is 24.2 Å². The van der Waals surface area contributed by atoms with Gasteiger partial charge in [0.2, 0.25) is 5.91 Å². The van der Waals surface area contributed by atoms with Crippen LogP contribution in [0.15, 0.2) is 18.2 Å². The van der Waals surface area contributed by atoms with Crippen molar-refractivity contribution < 1.29 is 24.1 Å². The summed E-state index contributed by atoms with van der Waals surface area (Å²) in [5.74, 6) is 4.12. The third-order valence-electron chi connectivity index (χ3n) is 7.36. The minimum atomic E-state index is -0.730. The highest BCUT2D eigenvalue weighted by Gasteiger charge is 2.26. The van der Waals surface area contributed by atoms with Crippen LogP contribution in [-0.4, -0.2) is 93.2 Å². The first-order chi connectivity index (χ1) is 18.2. The number of hydrogen-bond acceptors (Lipinski definition) is 8. The van der Waals surface area contributed by atoms with Crippen LogP contribution in [0.1, 0.15) is 45.6 Å². The number of carbonyl (C=O) groups is 1. The van der Waals surface area contributed by atoms with E-state index in [9.17, 15) is 9.90 Å². The number of rotatable bonds is 18. The number of methoxy groups -OCH3 is 2. The Kier molecular flexibility index (Phi) is 18.2. The number of benzene rings is 1. The molecule has 0 radical (unpaired) electrons. The number of nitrogens with zero attached hydrogens (tertiary/aromatic N) is 1. The molecule has 1 fully saturated rings. The van der Waals surface area contributed by atoms with Crippen molar-refractivity contribution in [2.45, 2.75) is 58.6 Å². The Morgan fingerprint density at radius 2 is 1.85 bits per heavy atom. The summed E-state index contributed by atoms with van der Waals surface area (Å²) in [5.41, 5.74) is 7.62. The fraction of sp³-hybridized carbons (Fsp3) is 0.759. The molecule has 2 rings (SSSR count). The molecule has 1 heterocycles. The van der Waals surface area contributed by atoms with E-state index in [1.165, 1.54) is 0 Å². The van der Waals surface area contributed by atoms with E-state index in [0.717, 1.165) is 55.3 Å². The Balaban J connectivity index is 0.00000760. The SMILES string of the molecule is COCCCOc1cc(C[C@@H](C[C@H](N)[C@@H](O)C[C@@H](C)C(=O)NCCN2CCSCC2)C(C)C)ccc1OC.Cl. The first-order valence-electron chi connectivity index (χ1n) is 14.0. The van der Waals surface area contributed by atoms with Crippen molar-refractivity contribution in [3.63, 3.8) is 0 Å². The summed E-state index contributed by atoms with van der Waals surface area (Å²) in [7, 11) is 3.32. The van der Waals surface area contributed by atoms with Crippen molar-refractivity contribution in [2.75, 3.05) is 65.1 Å². The molecule has 1 saturated heterocycles. The fourth-order valence-corrected chi connectivity index (χ4v) is 5.71. The van der Waals surface area contributed by atoms with Gasteiger partial charge in [0, 0.05) is 69.8 Å². The number of aliphatic hydroxyl groups excluding tert-OH is 1. The zero-order chi connectivity index (χ0) is 27.9. The van der Waals surface area contributed by atoms with E-state index >= 15 is 0 Å². The molecule has 8 nitrogen and oxygen atoms in total. The first kappa shape index (κ1) is 35.8. The molecular weight excluding hydrogens is 538 g/mol. The van der Waals surface area contributed by atoms with Crippen molar-refractivity contribution in [2.24, 2.45) is 23.5 Å². The third kappa shape index (κ3) is 13.3. The highest BCUT2D eigenvalue weighted by atomic mass is 35.5. The number of ether oxygens (including phenoxy) is 3. The lowest BCUT2D eigenvalue weighted by atomic mass is 9.82. The highest BCUT2D eigenvalue weighted by Crippen LogP contribution is 2.31. The lowest BCUT2D eigenvalue weighted by Gasteiger charge is -2.29. The maximum absolute atomic E-state index is 12.6. The third-order valence-corrected chi connectivity index (χ3v) is 8.30. The molecule has 1 amide bonds. The average molecular weight is 590 g/mol. The Bertz CT molecular complexity index is 813.